The zero-order chi connectivity index (χ0) is 29.3. The van der Waals surface area contributed by atoms with Crippen LogP contribution in [0, 0.1) is 11.6 Å². The second-order valence-electron chi connectivity index (χ2n) is 10.2. The molecule has 1 heterocycles. The van der Waals surface area contributed by atoms with Crippen LogP contribution >= 0.6 is 46.5 Å². The van der Waals surface area contributed by atoms with Crippen molar-refractivity contribution in [3.63, 3.8) is 0 Å². The number of thioether (sulfide) groups is 1. The van der Waals surface area contributed by atoms with Gasteiger partial charge < -0.3 is 9.64 Å². The largest absolute Gasteiger partial charge is 0.496 e. The topological polar surface area (TPSA) is 32.8 Å². The van der Waals surface area contributed by atoms with Gasteiger partial charge in [-0.25, -0.2) is 13.2 Å². The Bertz CT molecular complexity index is 1550. The molecule has 1 aromatic heterocycles. The van der Waals surface area contributed by atoms with Crippen LogP contribution < -0.4 is 4.74 Å². The number of rotatable bonds is 8. The zero-order valence-corrected chi connectivity index (χ0v) is 26.1. The monoisotopic (exact) mass is 634 g/mol. The summed E-state index contributed by atoms with van der Waals surface area (Å²) in [7, 11) is 3.45. The Kier molecular flexibility index (Phi) is 9.46. The van der Waals surface area contributed by atoms with Gasteiger partial charge >= 0.3 is 0 Å². The van der Waals surface area contributed by atoms with E-state index in [2.05, 4.69) is 24.3 Å². The van der Waals surface area contributed by atoms with E-state index in [4.69, 9.17) is 28.1 Å². The number of nitrogens with zero attached hydrogens (tertiary/aromatic N) is 2. The highest BCUT2D eigenvalue weighted by Crippen LogP contribution is 2.41. The summed E-state index contributed by atoms with van der Waals surface area (Å²) in [6.45, 7) is 0.250. The van der Waals surface area contributed by atoms with E-state index in [-0.39, 0.29) is 44.5 Å². The van der Waals surface area contributed by atoms with Gasteiger partial charge in [0.25, 0.3) is 5.91 Å². The normalized spacial score (nSPS) is 17.3. The van der Waals surface area contributed by atoms with Gasteiger partial charge in [-0.2, -0.15) is 0 Å². The maximum absolute atomic E-state index is 14.7. The lowest BCUT2D eigenvalue weighted by molar-refractivity contribution is 0.0589. The molecule has 0 atom stereocenters. The lowest BCUT2D eigenvalue weighted by Crippen LogP contribution is -2.44. The molecular formula is C31H30Cl2F2N2O2S2. The first-order chi connectivity index (χ1) is 19.7. The summed E-state index contributed by atoms with van der Waals surface area (Å²) >= 11 is 15.4. The van der Waals surface area contributed by atoms with E-state index in [0.717, 1.165) is 65.8 Å². The molecule has 3 aromatic carbocycles. The second-order valence-corrected chi connectivity index (χ2v) is 13.0. The number of benzene rings is 3. The van der Waals surface area contributed by atoms with E-state index in [1.54, 1.807) is 28.2 Å². The van der Waals surface area contributed by atoms with Crippen molar-refractivity contribution in [1.29, 1.82) is 0 Å². The van der Waals surface area contributed by atoms with E-state index in [9.17, 15) is 13.6 Å². The highest BCUT2D eigenvalue weighted by atomic mass is 35.5. The molecule has 41 heavy (non-hydrogen) atoms. The molecule has 0 radical (unpaired) electrons. The number of thiophene rings is 1. The predicted octanol–water partition coefficient (Wildman–Crippen LogP) is 9.27. The van der Waals surface area contributed by atoms with Crippen LogP contribution in [0.15, 0.2) is 59.5 Å². The van der Waals surface area contributed by atoms with Crippen LogP contribution in [0.1, 0.15) is 40.9 Å². The quantitative estimate of drug-likeness (QED) is 0.143. The van der Waals surface area contributed by atoms with Gasteiger partial charge in [0.1, 0.15) is 22.3 Å². The van der Waals surface area contributed by atoms with E-state index < -0.39 is 11.6 Å². The number of ether oxygens (including phenoxy) is 1. The van der Waals surface area contributed by atoms with Gasteiger partial charge in [0.15, 0.2) is 0 Å². The predicted molar refractivity (Wildman–Crippen MR) is 166 cm³/mol. The van der Waals surface area contributed by atoms with E-state index in [1.165, 1.54) is 4.90 Å². The van der Waals surface area contributed by atoms with Crippen LogP contribution in [-0.2, 0) is 6.54 Å². The number of methoxy groups -OCH3 is 1. The molecule has 1 amide bonds. The van der Waals surface area contributed by atoms with Crippen LogP contribution in [0.5, 0.6) is 5.75 Å². The molecule has 10 heteroatoms. The minimum atomic E-state index is -0.652. The van der Waals surface area contributed by atoms with Crippen molar-refractivity contribution in [2.45, 2.75) is 49.2 Å². The van der Waals surface area contributed by atoms with Crippen LogP contribution in [-0.4, -0.2) is 47.7 Å². The molecule has 5 rings (SSSR count). The Hall–Kier alpha value is -2.36. The average Bonchev–Trinajstić information content (AvgIpc) is 3.35. The van der Waals surface area contributed by atoms with Crippen molar-refractivity contribution in [1.82, 2.24) is 9.32 Å². The number of amides is 1. The van der Waals surface area contributed by atoms with Crippen LogP contribution in [0.3, 0.4) is 0 Å². The molecular weight excluding hydrogens is 605 g/mol. The number of carbonyl (C=O) groups excluding carboxylic acids is 1. The minimum absolute atomic E-state index is 0.0408. The summed E-state index contributed by atoms with van der Waals surface area (Å²) < 4.78 is 36.7. The van der Waals surface area contributed by atoms with Gasteiger partial charge in [-0.15, -0.1) is 23.1 Å². The summed E-state index contributed by atoms with van der Waals surface area (Å²) in [5, 5.41) is -0.110. The standard InChI is InChI=1S/C31H30Cl2F2N2O2S2/c1-36(33)21-7-9-22(10-8-21)37(31(38)30-28(32)27-24(34)13-14-25(35)29(27)41-30)17-20-16-19(6-15-26(20)39-2)18-4-11-23(40-3)12-5-18/h4-6,11-16,21-22H,7-10,17H2,1-3H3/t21-,22-. The summed E-state index contributed by atoms with van der Waals surface area (Å²) in [4.78, 5) is 17.3. The van der Waals surface area contributed by atoms with Crippen molar-refractivity contribution >= 4 is 62.5 Å². The molecule has 1 aliphatic carbocycles. The number of hydrogen-bond acceptors (Lipinski definition) is 5. The smallest absolute Gasteiger partial charge is 0.266 e. The van der Waals surface area contributed by atoms with Gasteiger partial charge in [0, 0.05) is 36.1 Å². The maximum Gasteiger partial charge on any atom is 0.266 e. The second kappa shape index (κ2) is 12.9. The van der Waals surface area contributed by atoms with E-state index >= 15 is 0 Å². The first-order valence-corrected chi connectivity index (χ1v) is 16.0. The third-order valence-corrected chi connectivity index (χ3v) is 10.5. The molecule has 0 unspecified atom stereocenters. The molecule has 0 aliphatic heterocycles. The Morgan fingerprint density at radius 1 is 1.00 bits per heavy atom. The fourth-order valence-electron chi connectivity index (χ4n) is 5.51. The third kappa shape index (κ3) is 6.22. The van der Waals surface area contributed by atoms with Gasteiger partial charge in [0.05, 0.1) is 22.2 Å². The minimum Gasteiger partial charge on any atom is -0.496 e. The van der Waals surface area contributed by atoms with Gasteiger partial charge in [-0.3, -0.25) is 4.79 Å². The zero-order valence-electron chi connectivity index (χ0n) is 22.9. The van der Waals surface area contributed by atoms with Crippen molar-refractivity contribution in [3.8, 4) is 16.9 Å². The summed E-state index contributed by atoms with van der Waals surface area (Å²) in [6, 6.07) is 16.4. The lowest BCUT2D eigenvalue weighted by Gasteiger charge is -2.38. The first-order valence-electron chi connectivity index (χ1n) is 13.3. The highest BCUT2D eigenvalue weighted by molar-refractivity contribution is 7.98. The SMILES string of the molecule is COc1ccc(-c2ccc(SC)cc2)cc1CN(C(=O)c1sc2c(F)ccc(F)c2c1Cl)[C@H]1CC[C@H](N(C)Cl)CC1. The van der Waals surface area contributed by atoms with Gasteiger partial charge in [-0.1, -0.05) is 29.8 Å². The molecule has 4 aromatic rings. The Morgan fingerprint density at radius 2 is 1.63 bits per heavy atom. The van der Waals surface area contributed by atoms with Gasteiger partial charge in [-0.05, 0) is 91.2 Å². The Morgan fingerprint density at radius 3 is 2.24 bits per heavy atom. The Balaban J connectivity index is 1.54. The molecule has 216 valence electrons. The highest BCUT2D eigenvalue weighted by Gasteiger charge is 2.34. The lowest BCUT2D eigenvalue weighted by atomic mass is 9.89. The molecule has 1 saturated carbocycles. The number of fused-ring (bicyclic) bond motifs is 1. The number of hydrogen-bond donors (Lipinski definition) is 0. The fraction of sp³-hybridized carbons (Fsp3) is 0.323. The fourth-order valence-corrected chi connectivity index (χ4v) is 7.62. The molecule has 1 fully saturated rings. The van der Waals surface area contributed by atoms with Crippen molar-refractivity contribution in [2.24, 2.45) is 0 Å². The first kappa shape index (κ1) is 30.1. The molecule has 0 spiro atoms. The van der Waals surface area contributed by atoms with Crippen molar-refractivity contribution < 1.29 is 18.3 Å². The van der Waals surface area contributed by atoms with Crippen LogP contribution in [0.25, 0.3) is 21.2 Å². The average molecular weight is 636 g/mol. The van der Waals surface area contributed by atoms with Crippen molar-refractivity contribution in [3.05, 3.63) is 81.7 Å². The van der Waals surface area contributed by atoms with E-state index in [1.807, 2.05) is 31.5 Å². The maximum atomic E-state index is 14.7. The van der Waals surface area contributed by atoms with Crippen LogP contribution in [0.4, 0.5) is 8.78 Å². The van der Waals surface area contributed by atoms with E-state index in [0.29, 0.717) is 5.75 Å². The Labute approximate surface area is 257 Å². The molecule has 0 bridgehead atoms. The summed E-state index contributed by atoms with van der Waals surface area (Å²) in [6.07, 6.45) is 5.14. The molecule has 1 aliphatic rings. The molecule has 0 N–H and O–H groups in total. The molecule has 0 saturated heterocycles. The summed E-state index contributed by atoms with van der Waals surface area (Å²) in [5.41, 5.74) is 2.88. The third-order valence-electron chi connectivity index (χ3n) is 7.79. The van der Waals surface area contributed by atoms with Crippen molar-refractivity contribution in [2.75, 3.05) is 20.4 Å². The molecule has 4 nitrogen and oxygen atoms in total. The number of halogens is 4. The van der Waals surface area contributed by atoms with Crippen LogP contribution in [0.2, 0.25) is 5.02 Å². The van der Waals surface area contributed by atoms with Gasteiger partial charge in [0.2, 0.25) is 0 Å². The number of carbonyl (C=O) groups is 1. The summed E-state index contributed by atoms with van der Waals surface area (Å²) in [5.74, 6) is -0.956.